The average Bonchev–Trinajstić information content (AvgIpc) is 2.72. The lowest BCUT2D eigenvalue weighted by Crippen LogP contribution is -2.52. The van der Waals surface area contributed by atoms with E-state index in [4.69, 9.17) is 0 Å². The van der Waals surface area contributed by atoms with Crippen molar-refractivity contribution in [3.05, 3.63) is 0 Å². The zero-order valence-electron chi connectivity index (χ0n) is 22.8. The molecule has 2 aliphatic carbocycles. The molecule has 2 nitrogen and oxygen atoms in total. The number of hydrogen-bond acceptors (Lipinski definition) is 2. The number of nitrogens with zero attached hydrogens (tertiary/aromatic N) is 1. The van der Waals surface area contributed by atoms with E-state index in [0.717, 1.165) is 59.4 Å². The van der Waals surface area contributed by atoms with Crippen molar-refractivity contribution in [3.8, 4) is 0 Å². The predicted molar refractivity (Wildman–Crippen MR) is 138 cm³/mol. The van der Waals surface area contributed by atoms with Crippen molar-refractivity contribution in [2.45, 2.75) is 119 Å². The Hall–Kier alpha value is -0.0800. The smallest absolute Gasteiger partial charge is 0.0156 e. The van der Waals surface area contributed by atoms with Crippen LogP contribution in [0.2, 0.25) is 0 Å². The molecular formula is C29H58N2. The molecule has 0 bridgehead atoms. The summed E-state index contributed by atoms with van der Waals surface area (Å²) in [5, 5.41) is 4.11. The van der Waals surface area contributed by atoms with Crippen LogP contribution in [0.3, 0.4) is 0 Å². The highest BCUT2D eigenvalue weighted by Gasteiger charge is 2.39. The van der Waals surface area contributed by atoms with Gasteiger partial charge in [0.05, 0.1) is 0 Å². The highest BCUT2D eigenvalue weighted by molar-refractivity contribution is 4.93. The van der Waals surface area contributed by atoms with Crippen LogP contribution in [-0.4, -0.2) is 36.6 Å². The SMILES string of the molecule is CCN(CCCNC1C(C(C)C)CCCC1C(C)C)C1C(C(C)C)CCCC1C(C)C. The quantitative estimate of drug-likeness (QED) is 0.339. The highest BCUT2D eigenvalue weighted by atomic mass is 15.2. The molecule has 0 heterocycles. The third-order valence-electron chi connectivity index (χ3n) is 9.20. The second-order valence-electron chi connectivity index (χ2n) is 12.4. The van der Waals surface area contributed by atoms with E-state index in [1.54, 1.807) is 0 Å². The Bertz CT molecular complexity index is 451. The molecule has 2 rings (SSSR count). The fraction of sp³-hybridized carbons (Fsp3) is 1.00. The van der Waals surface area contributed by atoms with Crippen LogP contribution in [0.5, 0.6) is 0 Å². The first-order valence-corrected chi connectivity index (χ1v) is 14.2. The lowest BCUT2D eigenvalue weighted by molar-refractivity contribution is 0.0165. The summed E-state index contributed by atoms with van der Waals surface area (Å²) in [5.41, 5.74) is 0. The van der Waals surface area contributed by atoms with Gasteiger partial charge >= 0.3 is 0 Å². The van der Waals surface area contributed by atoms with Gasteiger partial charge in [0.15, 0.2) is 0 Å². The lowest BCUT2D eigenvalue weighted by atomic mass is 9.68. The minimum Gasteiger partial charge on any atom is -0.313 e. The summed E-state index contributed by atoms with van der Waals surface area (Å²) in [6.07, 6.45) is 9.90. The molecule has 0 radical (unpaired) electrons. The Morgan fingerprint density at radius 3 is 1.48 bits per heavy atom. The van der Waals surface area contributed by atoms with Gasteiger partial charge in [0.25, 0.3) is 0 Å². The van der Waals surface area contributed by atoms with Crippen molar-refractivity contribution >= 4 is 0 Å². The van der Waals surface area contributed by atoms with E-state index >= 15 is 0 Å². The summed E-state index contributed by atoms with van der Waals surface area (Å²) < 4.78 is 0. The van der Waals surface area contributed by atoms with Crippen LogP contribution in [0.1, 0.15) is 107 Å². The van der Waals surface area contributed by atoms with Crippen LogP contribution in [0.15, 0.2) is 0 Å². The summed E-state index contributed by atoms with van der Waals surface area (Å²) in [4.78, 5) is 2.89. The Kier molecular flexibility index (Phi) is 11.4. The predicted octanol–water partition coefficient (Wildman–Crippen LogP) is 7.48. The van der Waals surface area contributed by atoms with Crippen LogP contribution in [-0.2, 0) is 0 Å². The first-order valence-electron chi connectivity index (χ1n) is 14.2. The molecule has 1 N–H and O–H groups in total. The molecule has 0 aromatic heterocycles. The van der Waals surface area contributed by atoms with Crippen LogP contribution >= 0.6 is 0 Å². The van der Waals surface area contributed by atoms with Crippen LogP contribution in [0.25, 0.3) is 0 Å². The zero-order valence-corrected chi connectivity index (χ0v) is 22.8. The molecule has 0 amide bonds. The third kappa shape index (κ3) is 7.20. The minimum absolute atomic E-state index is 0.727. The molecule has 0 aliphatic heterocycles. The van der Waals surface area contributed by atoms with Gasteiger partial charge in [-0.05, 0) is 99.1 Å². The summed E-state index contributed by atoms with van der Waals surface area (Å²) in [6.45, 7) is 25.7. The molecule has 184 valence electrons. The fourth-order valence-corrected chi connectivity index (χ4v) is 7.38. The molecular weight excluding hydrogens is 376 g/mol. The molecule has 4 atom stereocenters. The van der Waals surface area contributed by atoms with E-state index in [1.165, 1.54) is 64.6 Å². The standard InChI is InChI=1S/C29H58N2/c1-10-31(29-26(22(6)7)16-12-17-27(29)23(8)9)19-13-18-30-28-24(20(2)3)14-11-15-25(28)21(4)5/h20-30H,10-19H2,1-9H3. The van der Waals surface area contributed by atoms with Crippen molar-refractivity contribution in [3.63, 3.8) is 0 Å². The summed E-state index contributed by atoms with van der Waals surface area (Å²) >= 11 is 0. The average molecular weight is 435 g/mol. The van der Waals surface area contributed by atoms with Crippen LogP contribution in [0, 0.1) is 47.3 Å². The minimum atomic E-state index is 0.727. The van der Waals surface area contributed by atoms with Crippen molar-refractivity contribution in [1.29, 1.82) is 0 Å². The molecule has 2 saturated carbocycles. The van der Waals surface area contributed by atoms with Crippen LogP contribution < -0.4 is 5.32 Å². The topological polar surface area (TPSA) is 15.3 Å². The van der Waals surface area contributed by atoms with Gasteiger partial charge in [-0.25, -0.2) is 0 Å². The molecule has 2 fully saturated rings. The molecule has 2 aliphatic rings. The van der Waals surface area contributed by atoms with Gasteiger partial charge < -0.3 is 10.2 Å². The Morgan fingerprint density at radius 2 is 1.10 bits per heavy atom. The zero-order chi connectivity index (χ0) is 23.1. The van der Waals surface area contributed by atoms with Gasteiger partial charge in [0, 0.05) is 12.1 Å². The summed E-state index contributed by atoms with van der Waals surface area (Å²) in [5.74, 6) is 6.68. The summed E-state index contributed by atoms with van der Waals surface area (Å²) in [6, 6.07) is 1.52. The van der Waals surface area contributed by atoms with Gasteiger partial charge in [-0.3, -0.25) is 0 Å². The maximum absolute atomic E-state index is 4.11. The van der Waals surface area contributed by atoms with Crippen molar-refractivity contribution in [1.82, 2.24) is 10.2 Å². The van der Waals surface area contributed by atoms with E-state index < -0.39 is 0 Å². The van der Waals surface area contributed by atoms with E-state index in [0.29, 0.717) is 0 Å². The maximum atomic E-state index is 4.11. The molecule has 2 heteroatoms. The normalized spacial score (nSPS) is 32.7. The largest absolute Gasteiger partial charge is 0.313 e. The monoisotopic (exact) mass is 434 g/mol. The van der Waals surface area contributed by atoms with Gasteiger partial charge in [0.1, 0.15) is 0 Å². The second-order valence-corrected chi connectivity index (χ2v) is 12.4. The molecule has 0 saturated heterocycles. The number of rotatable bonds is 11. The number of nitrogens with one attached hydrogen (secondary N) is 1. The van der Waals surface area contributed by atoms with Crippen LogP contribution in [0.4, 0.5) is 0 Å². The highest BCUT2D eigenvalue weighted by Crippen LogP contribution is 2.41. The summed E-state index contributed by atoms with van der Waals surface area (Å²) in [7, 11) is 0. The first-order chi connectivity index (χ1) is 14.7. The van der Waals surface area contributed by atoms with E-state index in [-0.39, 0.29) is 0 Å². The second kappa shape index (κ2) is 13.0. The maximum Gasteiger partial charge on any atom is 0.0156 e. The van der Waals surface area contributed by atoms with E-state index in [1.807, 2.05) is 0 Å². The van der Waals surface area contributed by atoms with Gasteiger partial charge in [-0.2, -0.15) is 0 Å². The molecule has 0 aromatic rings. The Morgan fingerprint density at radius 1 is 0.677 bits per heavy atom. The van der Waals surface area contributed by atoms with Crippen molar-refractivity contribution in [2.75, 3.05) is 19.6 Å². The number of hydrogen-bond donors (Lipinski definition) is 1. The fourth-order valence-electron chi connectivity index (χ4n) is 7.38. The van der Waals surface area contributed by atoms with E-state index in [2.05, 4.69) is 72.5 Å². The van der Waals surface area contributed by atoms with Crippen molar-refractivity contribution < 1.29 is 0 Å². The molecule has 4 unspecified atom stereocenters. The molecule has 31 heavy (non-hydrogen) atoms. The lowest BCUT2D eigenvalue weighted by Gasteiger charge is -2.48. The van der Waals surface area contributed by atoms with Gasteiger partial charge in [-0.1, -0.05) is 75.2 Å². The Labute approximate surface area is 196 Å². The third-order valence-corrected chi connectivity index (χ3v) is 9.20. The first kappa shape index (κ1) is 27.2. The van der Waals surface area contributed by atoms with Gasteiger partial charge in [0.2, 0.25) is 0 Å². The van der Waals surface area contributed by atoms with Crippen molar-refractivity contribution in [2.24, 2.45) is 47.3 Å². The molecule has 0 spiro atoms. The van der Waals surface area contributed by atoms with Gasteiger partial charge in [-0.15, -0.1) is 0 Å². The van der Waals surface area contributed by atoms with E-state index in [9.17, 15) is 0 Å². The molecule has 0 aromatic carbocycles. The Balaban J connectivity index is 1.99.